The molecule has 9 nitrogen and oxygen atoms in total. The molecule has 9 heteroatoms. The Morgan fingerprint density at radius 1 is 1.00 bits per heavy atom. The molecule has 0 spiro atoms. The number of hydrogen-bond donors (Lipinski definition) is 1. The third-order valence-corrected chi connectivity index (χ3v) is 5.94. The van der Waals surface area contributed by atoms with E-state index in [1.807, 2.05) is 60.7 Å². The van der Waals surface area contributed by atoms with Crippen LogP contribution in [-0.2, 0) is 44.7 Å². The molecule has 1 saturated heterocycles. The van der Waals surface area contributed by atoms with E-state index in [1.54, 1.807) is 0 Å². The van der Waals surface area contributed by atoms with Gasteiger partial charge in [-0.2, -0.15) is 0 Å². The first-order valence-electron chi connectivity index (χ1n) is 10.9. The van der Waals surface area contributed by atoms with Gasteiger partial charge in [-0.25, -0.2) is 4.79 Å². The van der Waals surface area contributed by atoms with E-state index in [2.05, 4.69) is 0 Å². The van der Waals surface area contributed by atoms with Crippen LogP contribution in [0.3, 0.4) is 0 Å². The minimum Gasteiger partial charge on any atom is -0.481 e. The number of carbonyl (C=O) groups is 3. The molecule has 5 atom stereocenters. The highest BCUT2D eigenvalue weighted by Crippen LogP contribution is 2.45. The largest absolute Gasteiger partial charge is 0.481 e. The number of hydrogen-bond acceptors (Lipinski definition) is 8. The maximum atomic E-state index is 13.0. The average Bonchev–Trinajstić information content (AvgIpc) is 3.27. The van der Waals surface area contributed by atoms with Crippen LogP contribution < -0.4 is 0 Å². The summed E-state index contributed by atoms with van der Waals surface area (Å²) in [4.78, 5) is 36.2. The number of rotatable bonds is 8. The summed E-state index contributed by atoms with van der Waals surface area (Å²) in [5.74, 6) is -2.89. The van der Waals surface area contributed by atoms with Gasteiger partial charge in [0, 0.05) is 18.4 Å². The fraction of sp³-hybridized carbons (Fsp3) is 0.400. The van der Waals surface area contributed by atoms with Gasteiger partial charge < -0.3 is 28.8 Å². The summed E-state index contributed by atoms with van der Waals surface area (Å²) in [7, 11) is 1.26. The first kappa shape index (κ1) is 23.9. The van der Waals surface area contributed by atoms with Gasteiger partial charge >= 0.3 is 17.9 Å². The van der Waals surface area contributed by atoms with Crippen LogP contribution in [0.15, 0.2) is 60.7 Å². The summed E-state index contributed by atoms with van der Waals surface area (Å²) in [6, 6.07) is 18.5. The van der Waals surface area contributed by atoms with E-state index in [1.165, 1.54) is 7.11 Å². The minimum atomic E-state index is -1.48. The summed E-state index contributed by atoms with van der Waals surface area (Å²) in [5, 5.41) is 8.98. The van der Waals surface area contributed by atoms with Gasteiger partial charge in [0.05, 0.1) is 19.8 Å². The standard InChI is InChI=1S/C25H26O9/c1-30-24(29)25(31-15-16-8-4-2-5-9-16)13-18(32-21(28)12-20(26)27)22-19(14-25)33-23(34-22)17-10-6-3-7-11-17/h2-11,18-19,22-23H,12-15H2,1H3,(H,26,27)/t18-,19-,22+,23?,25-/m1/s1. The minimum absolute atomic E-state index is 0.0656. The van der Waals surface area contributed by atoms with E-state index in [0.29, 0.717) is 0 Å². The lowest BCUT2D eigenvalue weighted by Crippen LogP contribution is -2.57. The van der Waals surface area contributed by atoms with E-state index >= 15 is 0 Å². The molecule has 2 aromatic rings. The highest BCUT2D eigenvalue weighted by Gasteiger charge is 2.58. The Bertz CT molecular complexity index is 1010. The Balaban J connectivity index is 1.61. The van der Waals surface area contributed by atoms with Crippen LogP contribution in [0.5, 0.6) is 0 Å². The maximum Gasteiger partial charge on any atom is 0.338 e. The molecule has 0 bridgehead atoms. The van der Waals surface area contributed by atoms with E-state index in [0.717, 1.165) is 11.1 Å². The number of carbonyl (C=O) groups excluding carboxylic acids is 2. The van der Waals surface area contributed by atoms with E-state index in [9.17, 15) is 14.4 Å². The van der Waals surface area contributed by atoms with Crippen molar-refractivity contribution in [3.8, 4) is 0 Å². The predicted octanol–water partition coefficient (Wildman–Crippen LogP) is 2.78. The van der Waals surface area contributed by atoms with Gasteiger partial charge in [-0.05, 0) is 5.56 Å². The average molecular weight is 470 g/mol. The van der Waals surface area contributed by atoms with Crippen molar-refractivity contribution < 1.29 is 43.2 Å². The molecule has 1 N–H and O–H groups in total. The lowest BCUT2D eigenvalue weighted by atomic mass is 9.79. The van der Waals surface area contributed by atoms with Crippen LogP contribution in [0.2, 0.25) is 0 Å². The zero-order chi connectivity index (χ0) is 24.1. The number of aliphatic carboxylic acids is 1. The van der Waals surface area contributed by atoms with Crippen LogP contribution in [0.4, 0.5) is 0 Å². The number of ether oxygens (including phenoxy) is 5. The van der Waals surface area contributed by atoms with Crippen molar-refractivity contribution in [2.75, 3.05) is 7.11 Å². The first-order chi connectivity index (χ1) is 16.4. The molecule has 2 fully saturated rings. The van der Waals surface area contributed by atoms with E-state index < -0.39 is 54.5 Å². The maximum absolute atomic E-state index is 13.0. The molecule has 2 aromatic carbocycles. The third-order valence-electron chi connectivity index (χ3n) is 5.94. The lowest BCUT2D eigenvalue weighted by Gasteiger charge is -2.42. The summed E-state index contributed by atoms with van der Waals surface area (Å²) in [6.45, 7) is 0.117. The van der Waals surface area contributed by atoms with Crippen LogP contribution in [0.25, 0.3) is 0 Å². The topological polar surface area (TPSA) is 118 Å². The predicted molar refractivity (Wildman–Crippen MR) is 116 cm³/mol. The first-order valence-corrected chi connectivity index (χ1v) is 10.9. The summed E-state index contributed by atoms with van der Waals surface area (Å²) in [6.07, 6.45) is -3.84. The fourth-order valence-corrected chi connectivity index (χ4v) is 4.37. The number of fused-ring (bicyclic) bond motifs is 1. The zero-order valence-corrected chi connectivity index (χ0v) is 18.6. The molecule has 1 aliphatic carbocycles. The number of methoxy groups -OCH3 is 1. The van der Waals surface area contributed by atoms with Crippen molar-refractivity contribution in [2.45, 2.75) is 56.1 Å². The molecule has 0 amide bonds. The highest BCUT2D eigenvalue weighted by molar-refractivity contribution is 5.90. The number of carboxylic acids is 1. The normalized spacial score (nSPS) is 28.0. The molecule has 0 aromatic heterocycles. The number of benzene rings is 2. The van der Waals surface area contributed by atoms with Gasteiger partial charge in [0.2, 0.25) is 0 Å². The van der Waals surface area contributed by atoms with Crippen LogP contribution in [0, 0.1) is 0 Å². The fourth-order valence-electron chi connectivity index (χ4n) is 4.37. The molecule has 1 unspecified atom stereocenters. The molecule has 1 aliphatic heterocycles. The molecular weight excluding hydrogens is 444 g/mol. The SMILES string of the molecule is COC(=O)[C@@]1(OCc2ccccc2)C[C@@H](OC(=O)CC(=O)O)[C@@H]2OC(c3ccccc3)O[C@@H]2C1. The van der Waals surface area contributed by atoms with Gasteiger partial charge in [0.1, 0.15) is 18.6 Å². The lowest BCUT2D eigenvalue weighted by molar-refractivity contribution is -0.201. The van der Waals surface area contributed by atoms with Gasteiger partial charge in [-0.3, -0.25) is 9.59 Å². The van der Waals surface area contributed by atoms with E-state index in [4.69, 9.17) is 28.8 Å². The Morgan fingerprint density at radius 2 is 1.68 bits per heavy atom. The molecular formula is C25H26O9. The number of esters is 2. The van der Waals surface area contributed by atoms with Gasteiger partial charge in [-0.1, -0.05) is 60.7 Å². The van der Waals surface area contributed by atoms with Crippen LogP contribution in [0.1, 0.15) is 36.7 Å². The van der Waals surface area contributed by atoms with Crippen molar-refractivity contribution in [1.82, 2.24) is 0 Å². The Hall–Kier alpha value is -3.27. The second kappa shape index (κ2) is 10.3. The molecule has 1 saturated carbocycles. The second-order valence-corrected chi connectivity index (χ2v) is 8.29. The second-order valence-electron chi connectivity index (χ2n) is 8.29. The van der Waals surface area contributed by atoms with Gasteiger partial charge in [0.15, 0.2) is 11.9 Å². The Kier molecular flexibility index (Phi) is 7.26. The van der Waals surface area contributed by atoms with Crippen LogP contribution >= 0.6 is 0 Å². The monoisotopic (exact) mass is 470 g/mol. The smallest absolute Gasteiger partial charge is 0.338 e. The van der Waals surface area contributed by atoms with Gasteiger partial charge in [0.25, 0.3) is 0 Å². The zero-order valence-electron chi connectivity index (χ0n) is 18.6. The highest BCUT2D eigenvalue weighted by atomic mass is 16.7. The third kappa shape index (κ3) is 5.27. The van der Waals surface area contributed by atoms with Crippen molar-refractivity contribution in [3.63, 3.8) is 0 Å². The molecule has 1 heterocycles. The summed E-state index contributed by atoms with van der Waals surface area (Å²) < 4.78 is 28.9. The van der Waals surface area contributed by atoms with Crippen molar-refractivity contribution >= 4 is 17.9 Å². The summed E-state index contributed by atoms with van der Waals surface area (Å²) >= 11 is 0. The molecule has 180 valence electrons. The molecule has 34 heavy (non-hydrogen) atoms. The Labute approximate surface area is 196 Å². The quantitative estimate of drug-likeness (QED) is 0.459. The van der Waals surface area contributed by atoms with Crippen molar-refractivity contribution in [1.29, 1.82) is 0 Å². The molecule has 4 rings (SSSR count). The van der Waals surface area contributed by atoms with Crippen molar-refractivity contribution in [2.24, 2.45) is 0 Å². The summed E-state index contributed by atoms with van der Waals surface area (Å²) in [5.41, 5.74) is 0.133. The molecule has 0 radical (unpaired) electrons. The van der Waals surface area contributed by atoms with E-state index in [-0.39, 0.29) is 19.4 Å². The number of carboxylic acid groups (broad SMARTS) is 1. The van der Waals surface area contributed by atoms with Crippen LogP contribution in [-0.4, -0.2) is 54.0 Å². The molecule has 2 aliphatic rings. The van der Waals surface area contributed by atoms with Gasteiger partial charge in [-0.15, -0.1) is 0 Å². The Morgan fingerprint density at radius 3 is 2.32 bits per heavy atom. The van der Waals surface area contributed by atoms with Crippen molar-refractivity contribution in [3.05, 3.63) is 71.8 Å².